The van der Waals surface area contributed by atoms with Gasteiger partial charge in [0, 0.05) is 4.88 Å². The van der Waals surface area contributed by atoms with Crippen molar-refractivity contribution in [3.63, 3.8) is 0 Å². The Labute approximate surface area is 109 Å². The fraction of sp³-hybridized carbons (Fsp3) is 0.500. The number of nitrogens with zero attached hydrogens (tertiary/aromatic N) is 1. The molecule has 0 aliphatic carbocycles. The van der Waals surface area contributed by atoms with Crippen molar-refractivity contribution in [2.24, 2.45) is 0 Å². The summed E-state index contributed by atoms with van der Waals surface area (Å²) >= 11 is 1.47. The van der Waals surface area contributed by atoms with Crippen molar-refractivity contribution in [1.29, 1.82) is 0 Å². The van der Waals surface area contributed by atoms with Crippen LogP contribution in [0.2, 0.25) is 0 Å². The number of carbonyl (C=O) groups excluding carboxylic acids is 1. The number of ether oxygens (including phenoxy) is 1. The first-order chi connectivity index (χ1) is 8.39. The number of carboxylic acids is 1. The average molecular weight is 269 g/mol. The van der Waals surface area contributed by atoms with Crippen molar-refractivity contribution in [2.75, 3.05) is 19.7 Å². The Hall–Kier alpha value is -1.40. The van der Waals surface area contributed by atoms with E-state index in [-0.39, 0.29) is 12.5 Å². The number of carboxylic acid groups (broad SMARTS) is 1. The van der Waals surface area contributed by atoms with Gasteiger partial charge < -0.3 is 14.7 Å². The molecule has 2 rings (SSSR count). The van der Waals surface area contributed by atoms with Crippen LogP contribution in [0.4, 0.5) is 0 Å². The van der Waals surface area contributed by atoms with Gasteiger partial charge in [-0.2, -0.15) is 0 Å². The lowest BCUT2D eigenvalue weighted by Gasteiger charge is -2.47. The molecule has 1 saturated heterocycles. The van der Waals surface area contributed by atoms with Gasteiger partial charge in [-0.3, -0.25) is 4.79 Å². The molecule has 0 aromatic carbocycles. The van der Waals surface area contributed by atoms with Crippen LogP contribution in [0, 0.1) is 6.92 Å². The highest BCUT2D eigenvalue weighted by molar-refractivity contribution is 7.13. The lowest BCUT2D eigenvalue weighted by Crippen LogP contribution is -2.63. The van der Waals surface area contributed by atoms with E-state index in [1.807, 2.05) is 26.0 Å². The van der Waals surface area contributed by atoms with Gasteiger partial charge in [0.2, 0.25) is 0 Å². The summed E-state index contributed by atoms with van der Waals surface area (Å²) in [5.74, 6) is -1.00. The Morgan fingerprint density at radius 2 is 2.17 bits per heavy atom. The van der Waals surface area contributed by atoms with Crippen LogP contribution >= 0.6 is 11.3 Å². The minimum Gasteiger partial charge on any atom is -0.480 e. The predicted molar refractivity (Wildman–Crippen MR) is 67.0 cm³/mol. The molecule has 1 aliphatic heterocycles. The van der Waals surface area contributed by atoms with E-state index in [0.717, 1.165) is 4.88 Å². The summed E-state index contributed by atoms with van der Waals surface area (Å²) in [4.78, 5) is 25.9. The van der Waals surface area contributed by atoms with Gasteiger partial charge in [-0.1, -0.05) is 0 Å². The van der Waals surface area contributed by atoms with Crippen LogP contribution in [-0.4, -0.2) is 47.2 Å². The maximum atomic E-state index is 12.0. The first-order valence-electron chi connectivity index (χ1n) is 5.61. The Balaban J connectivity index is 1.88. The van der Waals surface area contributed by atoms with Crippen molar-refractivity contribution in [1.82, 2.24) is 4.90 Å². The van der Waals surface area contributed by atoms with Crippen molar-refractivity contribution < 1.29 is 19.4 Å². The van der Waals surface area contributed by atoms with Crippen molar-refractivity contribution in [3.05, 3.63) is 21.9 Å². The second-order valence-electron chi connectivity index (χ2n) is 4.70. The molecule has 0 saturated carbocycles. The molecule has 2 heterocycles. The van der Waals surface area contributed by atoms with E-state index in [1.54, 1.807) is 4.90 Å². The second-order valence-corrected chi connectivity index (χ2v) is 5.99. The second kappa shape index (κ2) is 4.70. The van der Waals surface area contributed by atoms with Crippen LogP contribution in [0.5, 0.6) is 0 Å². The first kappa shape index (κ1) is 13.0. The van der Waals surface area contributed by atoms with Crippen LogP contribution in [0.3, 0.4) is 0 Å². The van der Waals surface area contributed by atoms with E-state index in [4.69, 9.17) is 9.84 Å². The predicted octanol–water partition coefficient (Wildman–Crippen LogP) is 1.37. The zero-order valence-electron chi connectivity index (χ0n) is 10.3. The molecule has 0 unspecified atom stereocenters. The molecule has 1 amide bonds. The highest BCUT2D eigenvalue weighted by atomic mass is 32.1. The molecule has 0 radical (unpaired) electrons. The largest absolute Gasteiger partial charge is 0.480 e. The van der Waals surface area contributed by atoms with Crippen molar-refractivity contribution in [2.45, 2.75) is 19.4 Å². The lowest BCUT2D eigenvalue weighted by atomic mass is 9.96. The monoisotopic (exact) mass is 269 g/mol. The minimum absolute atomic E-state index is 0.00972. The molecule has 18 heavy (non-hydrogen) atoms. The van der Waals surface area contributed by atoms with Gasteiger partial charge >= 0.3 is 5.97 Å². The molecular formula is C12H15NO4S. The maximum Gasteiger partial charge on any atom is 0.329 e. The van der Waals surface area contributed by atoms with E-state index in [0.29, 0.717) is 18.0 Å². The van der Waals surface area contributed by atoms with Crippen LogP contribution in [0.1, 0.15) is 21.5 Å². The number of rotatable bonds is 4. The summed E-state index contributed by atoms with van der Waals surface area (Å²) in [5, 5.41) is 8.55. The fourth-order valence-electron chi connectivity index (χ4n) is 1.94. The number of likely N-dealkylation sites (tertiary alicyclic amines) is 1. The molecule has 1 fully saturated rings. The number of carbonyl (C=O) groups is 2. The van der Waals surface area contributed by atoms with E-state index in [1.165, 1.54) is 11.3 Å². The van der Waals surface area contributed by atoms with Crippen LogP contribution in [0.15, 0.2) is 12.1 Å². The quantitative estimate of drug-likeness (QED) is 0.896. The van der Waals surface area contributed by atoms with Crippen molar-refractivity contribution in [3.8, 4) is 0 Å². The molecule has 6 heteroatoms. The molecule has 0 bridgehead atoms. The molecule has 0 atom stereocenters. The van der Waals surface area contributed by atoms with Gasteiger partial charge in [-0.15, -0.1) is 11.3 Å². The van der Waals surface area contributed by atoms with Crippen molar-refractivity contribution >= 4 is 23.2 Å². The number of aryl methyl sites for hydroxylation is 1. The summed E-state index contributed by atoms with van der Waals surface area (Å²) in [5.41, 5.74) is -0.527. The van der Waals surface area contributed by atoms with E-state index in [9.17, 15) is 9.59 Å². The Morgan fingerprint density at radius 3 is 2.67 bits per heavy atom. The molecular weight excluding hydrogens is 254 g/mol. The van der Waals surface area contributed by atoms with E-state index >= 15 is 0 Å². The molecule has 1 N–H and O–H groups in total. The number of amides is 1. The topological polar surface area (TPSA) is 66.8 Å². The summed E-state index contributed by atoms with van der Waals surface area (Å²) in [6, 6.07) is 3.73. The van der Waals surface area contributed by atoms with Gasteiger partial charge in [0.1, 0.15) is 12.2 Å². The van der Waals surface area contributed by atoms with Gasteiger partial charge in [-0.25, -0.2) is 4.79 Å². The summed E-state index contributed by atoms with van der Waals surface area (Å²) in [6.45, 7) is 4.33. The third-order valence-electron chi connectivity index (χ3n) is 2.83. The third-order valence-corrected chi connectivity index (χ3v) is 3.82. The Kier molecular flexibility index (Phi) is 3.41. The SMILES string of the molecule is Cc1ccc(C(=O)N2CC(C)(OCC(=O)O)C2)s1. The van der Waals surface area contributed by atoms with E-state index in [2.05, 4.69) is 0 Å². The zero-order chi connectivity index (χ0) is 13.3. The molecule has 0 spiro atoms. The summed E-state index contributed by atoms with van der Waals surface area (Å²) < 4.78 is 5.26. The van der Waals surface area contributed by atoms with Crippen LogP contribution < -0.4 is 0 Å². The Morgan fingerprint density at radius 1 is 1.50 bits per heavy atom. The van der Waals surface area contributed by atoms with Gasteiger partial charge in [0.15, 0.2) is 0 Å². The van der Waals surface area contributed by atoms with Crippen LogP contribution in [0.25, 0.3) is 0 Å². The molecule has 1 aromatic rings. The normalized spacial score (nSPS) is 17.3. The number of aliphatic carboxylic acids is 1. The number of hydrogen-bond acceptors (Lipinski definition) is 4. The summed E-state index contributed by atoms with van der Waals surface area (Å²) in [6.07, 6.45) is 0. The van der Waals surface area contributed by atoms with E-state index < -0.39 is 11.6 Å². The number of hydrogen-bond donors (Lipinski definition) is 1. The summed E-state index contributed by atoms with van der Waals surface area (Å²) in [7, 11) is 0. The van der Waals surface area contributed by atoms with Gasteiger partial charge in [0.05, 0.1) is 18.0 Å². The fourth-order valence-corrected chi connectivity index (χ4v) is 2.77. The standard InChI is InChI=1S/C12H15NO4S/c1-8-3-4-9(18-8)11(16)13-6-12(2,7-13)17-5-10(14)15/h3-4H,5-7H2,1-2H3,(H,14,15). The zero-order valence-corrected chi connectivity index (χ0v) is 11.1. The molecule has 5 nitrogen and oxygen atoms in total. The smallest absolute Gasteiger partial charge is 0.329 e. The number of thiophene rings is 1. The highest BCUT2D eigenvalue weighted by Crippen LogP contribution is 2.28. The first-order valence-corrected chi connectivity index (χ1v) is 6.43. The van der Waals surface area contributed by atoms with Gasteiger partial charge in [-0.05, 0) is 26.0 Å². The molecule has 1 aromatic heterocycles. The highest BCUT2D eigenvalue weighted by Gasteiger charge is 2.43. The van der Waals surface area contributed by atoms with Crippen LogP contribution in [-0.2, 0) is 9.53 Å². The molecule has 1 aliphatic rings. The average Bonchev–Trinajstić information content (AvgIpc) is 2.68. The minimum atomic E-state index is -0.991. The lowest BCUT2D eigenvalue weighted by molar-refractivity contribution is -0.159. The third kappa shape index (κ3) is 2.70. The Bertz CT molecular complexity index is 476. The maximum absolute atomic E-state index is 12.0. The van der Waals surface area contributed by atoms with Gasteiger partial charge in [0.25, 0.3) is 5.91 Å². The molecule has 98 valence electrons.